The Morgan fingerprint density at radius 3 is 2.43 bits per heavy atom. The van der Waals surface area contributed by atoms with Gasteiger partial charge in [-0.2, -0.15) is 13.2 Å². The number of halogens is 3. The van der Waals surface area contributed by atoms with Crippen molar-refractivity contribution in [3.05, 3.63) is 99.0 Å². The van der Waals surface area contributed by atoms with E-state index >= 15 is 0 Å². The number of hydrogen-bond donors (Lipinski definition) is 0. The van der Waals surface area contributed by atoms with Crippen LogP contribution in [0.1, 0.15) is 17.0 Å². The Hall–Kier alpha value is -3.83. The van der Waals surface area contributed by atoms with Gasteiger partial charge in [0.05, 0.1) is 21.8 Å². The molecule has 1 saturated heterocycles. The summed E-state index contributed by atoms with van der Waals surface area (Å²) in [6.45, 7) is 1.73. The van der Waals surface area contributed by atoms with Crippen molar-refractivity contribution < 1.29 is 22.4 Å². The maximum Gasteiger partial charge on any atom is 0.416 e. The lowest BCUT2D eigenvalue weighted by molar-refractivity contribution is -0.137. The summed E-state index contributed by atoms with van der Waals surface area (Å²) in [5.74, 6) is -0.00472. The van der Waals surface area contributed by atoms with Crippen molar-refractivity contribution in [1.29, 1.82) is 0 Å². The molecule has 0 unspecified atom stereocenters. The molecule has 37 heavy (non-hydrogen) atoms. The Morgan fingerprint density at radius 2 is 1.73 bits per heavy atom. The van der Waals surface area contributed by atoms with Crippen LogP contribution in [0, 0.1) is 6.92 Å². The molecule has 2 aromatic carbocycles. The van der Waals surface area contributed by atoms with Crippen molar-refractivity contribution in [1.82, 2.24) is 9.36 Å². The summed E-state index contributed by atoms with van der Waals surface area (Å²) in [7, 11) is 1.72. The molecule has 188 valence electrons. The number of hydrogen-bond acceptors (Lipinski definition) is 5. The lowest BCUT2D eigenvalue weighted by Gasteiger charge is -2.12. The molecule has 3 heterocycles. The molecule has 0 saturated carbocycles. The number of anilines is 1. The Kier molecular flexibility index (Phi) is 6.20. The summed E-state index contributed by atoms with van der Waals surface area (Å²) in [5, 5.41) is 0. The molecule has 1 fully saturated rings. The first-order chi connectivity index (χ1) is 17.6. The number of aromatic nitrogens is 2. The van der Waals surface area contributed by atoms with Gasteiger partial charge in [-0.3, -0.25) is 19.2 Å². The third-order valence-corrected chi connectivity index (χ3v) is 7.22. The highest BCUT2D eigenvalue weighted by atomic mass is 32.2. The number of thiocarbonyl (C=S) groups is 1. The van der Waals surface area contributed by atoms with Gasteiger partial charge in [-0.15, -0.1) is 0 Å². The zero-order chi connectivity index (χ0) is 26.5. The smallest absolute Gasteiger partial charge is 0.416 e. The monoisotopic (exact) mass is 541 g/mol. The molecule has 1 aliphatic rings. The van der Waals surface area contributed by atoms with E-state index in [1.165, 1.54) is 33.9 Å². The molecule has 5 rings (SSSR count). The first-order valence-electron chi connectivity index (χ1n) is 11.0. The van der Waals surface area contributed by atoms with E-state index in [1.54, 1.807) is 36.9 Å². The number of amides is 1. The molecule has 0 bridgehead atoms. The van der Waals surface area contributed by atoms with E-state index in [4.69, 9.17) is 16.6 Å². The Labute approximate surface area is 218 Å². The van der Waals surface area contributed by atoms with Crippen LogP contribution in [0.4, 0.5) is 18.9 Å². The van der Waals surface area contributed by atoms with E-state index in [9.17, 15) is 22.8 Å². The third-order valence-electron chi connectivity index (χ3n) is 5.92. The second kappa shape index (κ2) is 9.24. The molecule has 4 aromatic rings. The first-order valence-corrected chi connectivity index (χ1v) is 12.2. The van der Waals surface area contributed by atoms with Crippen LogP contribution in [-0.2, 0) is 18.0 Å². The Bertz CT molecular complexity index is 1630. The molecule has 6 nitrogen and oxygen atoms in total. The summed E-state index contributed by atoms with van der Waals surface area (Å²) in [6.07, 6.45) is -3.02. The van der Waals surface area contributed by atoms with Crippen LogP contribution in [0.2, 0.25) is 0 Å². The van der Waals surface area contributed by atoms with Crippen molar-refractivity contribution in [3.8, 4) is 17.0 Å². The van der Waals surface area contributed by atoms with Crippen molar-refractivity contribution in [2.24, 2.45) is 7.05 Å². The van der Waals surface area contributed by atoms with Gasteiger partial charge in [0.25, 0.3) is 11.5 Å². The number of carbonyl (C=O) groups is 1. The zero-order valence-corrected chi connectivity index (χ0v) is 21.1. The summed E-state index contributed by atoms with van der Waals surface area (Å²) >= 11 is 6.46. The minimum absolute atomic E-state index is 0.154. The third kappa shape index (κ3) is 4.44. The largest absolute Gasteiger partial charge is 0.457 e. The van der Waals surface area contributed by atoms with E-state index < -0.39 is 23.2 Å². The van der Waals surface area contributed by atoms with Gasteiger partial charge in [-0.1, -0.05) is 54.3 Å². The SMILES string of the molecule is Cc1c(N2C(=O)C(=Cc3ccc(-c4cccc(C(F)(F)F)c4)o3)SC2=S)c(=O)n(-c2ccccc2)n1C. The number of para-hydroxylation sites is 1. The maximum absolute atomic E-state index is 13.4. The number of nitrogens with zero attached hydrogens (tertiary/aromatic N) is 3. The standard InChI is InChI=1S/C26H18F3N3O3S2/c1-15-22(24(34)32(30(15)2)18-9-4-3-5-10-18)31-23(33)21(37-25(31)36)14-19-11-12-20(35-19)16-7-6-8-17(13-16)26(27,28)29/h3-14H,1-2H3. The minimum atomic E-state index is -4.48. The number of rotatable bonds is 4. The average Bonchev–Trinajstić information content (AvgIpc) is 3.50. The van der Waals surface area contributed by atoms with Crippen molar-refractivity contribution >= 4 is 46.0 Å². The highest BCUT2D eigenvalue weighted by Crippen LogP contribution is 2.37. The summed E-state index contributed by atoms with van der Waals surface area (Å²) in [5.41, 5.74) is 0.417. The second-order valence-corrected chi connectivity index (χ2v) is 9.88. The van der Waals surface area contributed by atoms with Gasteiger partial charge in [0, 0.05) is 18.7 Å². The summed E-state index contributed by atoms with van der Waals surface area (Å²) in [4.78, 5) is 28.1. The number of furan rings is 1. The van der Waals surface area contributed by atoms with Crippen molar-refractivity contribution in [2.75, 3.05) is 4.90 Å². The van der Waals surface area contributed by atoms with E-state index in [-0.39, 0.29) is 32.0 Å². The number of benzene rings is 2. The Morgan fingerprint density at radius 1 is 1.00 bits per heavy atom. The van der Waals surface area contributed by atoms with Crippen LogP contribution in [0.25, 0.3) is 23.1 Å². The fourth-order valence-electron chi connectivity index (χ4n) is 4.04. The molecule has 0 atom stereocenters. The number of carbonyl (C=O) groups excluding carboxylic acids is 1. The lowest BCUT2D eigenvalue weighted by Crippen LogP contribution is -2.33. The lowest BCUT2D eigenvalue weighted by atomic mass is 10.1. The first kappa shape index (κ1) is 24.8. The van der Waals surface area contributed by atoms with Gasteiger partial charge in [-0.05, 0) is 43.3 Å². The fraction of sp³-hybridized carbons (Fsp3) is 0.115. The van der Waals surface area contributed by atoms with Crippen molar-refractivity contribution in [2.45, 2.75) is 13.1 Å². The van der Waals surface area contributed by atoms with E-state index in [1.807, 2.05) is 18.2 Å². The predicted molar refractivity (Wildman–Crippen MR) is 141 cm³/mol. The molecule has 1 aliphatic heterocycles. The van der Waals surface area contributed by atoms with Crippen LogP contribution in [0.5, 0.6) is 0 Å². The predicted octanol–water partition coefficient (Wildman–Crippen LogP) is 6.17. The van der Waals surface area contributed by atoms with Gasteiger partial charge in [0.1, 0.15) is 17.2 Å². The fourth-order valence-corrected chi connectivity index (χ4v) is 5.29. The van der Waals surface area contributed by atoms with Crippen LogP contribution < -0.4 is 10.5 Å². The Balaban J connectivity index is 1.47. The molecular weight excluding hydrogens is 523 g/mol. The van der Waals surface area contributed by atoms with Gasteiger partial charge < -0.3 is 4.42 Å². The normalized spacial score (nSPS) is 15.3. The van der Waals surface area contributed by atoms with Gasteiger partial charge >= 0.3 is 6.18 Å². The molecule has 1 amide bonds. The molecule has 2 aromatic heterocycles. The molecule has 11 heteroatoms. The minimum Gasteiger partial charge on any atom is -0.457 e. The van der Waals surface area contributed by atoms with Gasteiger partial charge in [0.15, 0.2) is 4.32 Å². The number of alkyl halides is 3. The molecule has 0 radical (unpaired) electrons. The topological polar surface area (TPSA) is 60.4 Å². The highest BCUT2D eigenvalue weighted by Gasteiger charge is 2.38. The van der Waals surface area contributed by atoms with E-state index in [2.05, 4.69) is 0 Å². The van der Waals surface area contributed by atoms with Crippen LogP contribution in [0.3, 0.4) is 0 Å². The van der Waals surface area contributed by atoms with Gasteiger partial charge in [-0.25, -0.2) is 4.68 Å². The maximum atomic E-state index is 13.4. The van der Waals surface area contributed by atoms with Crippen LogP contribution in [-0.4, -0.2) is 19.6 Å². The van der Waals surface area contributed by atoms with Crippen LogP contribution in [0.15, 0.2) is 80.8 Å². The van der Waals surface area contributed by atoms with E-state index in [0.29, 0.717) is 11.4 Å². The molecule has 0 spiro atoms. The molecular formula is C26H18F3N3O3S2. The molecule has 0 N–H and O–H groups in total. The summed E-state index contributed by atoms with van der Waals surface area (Å²) in [6, 6.07) is 16.9. The number of thioether (sulfide) groups is 1. The van der Waals surface area contributed by atoms with Crippen LogP contribution >= 0.6 is 24.0 Å². The summed E-state index contributed by atoms with van der Waals surface area (Å²) < 4.78 is 48.2. The molecule has 0 aliphatic carbocycles. The second-order valence-electron chi connectivity index (χ2n) is 8.21. The quantitative estimate of drug-likeness (QED) is 0.229. The average molecular weight is 542 g/mol. The van der Waals surface area contributed by atoms with Gasteiger partial charge in [0.2, 0.25) is 0 Å². The van der Waals surface area contributed by atoms with Crippen molar-refractivity contribution in [3.63, 3.8) is 0 Å². The highest BCUT2D eigenvalue weighted by molar-refractivity contribution is 8.27. The van der Waals surface area contributed by atoms with E-state index in [0.717, 1.165) is 23.9 Å². The zero-order valence-electron chi connectivity index (χ0n) is 19.4.